The van der Waals surface area contributed by atoms with Crippen LogP contribution in [0.25, 0.3) is 0 Å². The highest BCUT2D eigenvalue weighted by molar-refractivity contribution is 7.56. The molecule has 0 aromatic heterocycles. The van der Waals surface area contributed by atoms with Gasteiger partial charge in [0.25, 0.3) is 7.52 Å². The van der Waals surface area contributed by atoms with Crippen molar-refractivity contribution in [3.8, 4) is 0 Å². The van der Waals surface area contributed by atoms with Crippen LogP contribution in [0.1, 0.15) is 28.2 Å². The van der Waals surface area contributed by atoms with Crippen molar-refractivity contribution in [1.29, 1.82) is 0 Å². The van der Waals surface area contributed by atoms with Crippen LogP contribution in [0.5, 0.6) is 0 Å². The van der Waals surface area contributed by atoms with E-state index < -0.39 is 19.5 Å². The van der Waals surface area contributed by atoms with Crippen molar-refractivity contribution in [2.45, 2.75) is 40.3 Å². The number of ether oxygens (including phenoxy) is 1. The average Bonchev–Trinajstić information content (AvgIpc) is 1.99. The third-order valence-corrected chi connectivity index (χ3v) is 3.08. The third-order valence-electron chi connectivity index (χ3n) is 1.39. The first-order valence-electron chi connectivity index (χ1n) is 4.40. The van der Waals surface area contributed by atoms with Crippen molar-refractivity contribution in [2.24, 2.45) is 0 Å². The number of esters is 1. The van der Waals surface area contributed by atoms with Gasteiger partial charge in [-0.1, -0.05) is 7.43 Å². The summed E-state index contributed by atoms with van der Waals surface area (Å²) in [6.45, 7) is 6.57. The maximum atomic E-state index is 11.7. The van der Waals surface area contributed by atoms with Gasteiger partial charge in [0.2, 0.25) is 0 Å². The number of rotatable bonds is 5. The van der Waals surface area contributed by atoms with Crippen molar-refractivity contribution >= 4 is 13.5 Å². The van der Waals surface area contributed by atoms with Gasteiger partial charge in [-0.15, -0.1) is 0 Å². The number of methoxy groups -OCH3 is 1. The second-order valence-electron chi connectivity index (χ2n) is 3.37. The summed E-state index contributed by atoms with van der Waals surface area (Å²) in [6.07, 6.45) is -0.150. The molecule has 0 aliphatic rings. The molecule has 5 nitrogen and oxygen atoms in total. The Morgan fingerprint density at radius 1 is 1.33 bits per heavy atom. The Bertz CT molecular complexity index is 242. The van der Waals surface area contributed by atoms with E-state index >= 15 is 0 Å². The Kier molecular flexibility index (Phi) is 7.93. The fourth-order valence-corrected chi connectivity index (χ4v) is 2.69. The van der Waals surface area contributed by atoms with Gasteiger partial charge in [0.15, 0.2) is 0 Å². The van der Waals surface area contributed by atoms with E-state index in [0.717, 1.165) is 0 Å². The van der Waals surface area contributed by atoms with Crippen LogP contribution in [-0.4, -0.2) is 31.9 Å². The first-order chi connectivity index (χ1) is 6.28. The number of nitrogens with one attached hydrogen (secondary N) is 1. The number of carbonyl (C=O) groups excluding carboxylic acids is 1. The molecule has 6 heteroatoms. The van der Waals surface area contributed by atoms with Crippen LogP contribution in [0, 0.1) is 0 Å². The van der Waals surface area contributed by atoms with Gasteiger partial charge in [-0.2, -0.15) is 0 Å². The predicted molar refractivity (Wildman–Crippen MR) is 61.1 cm³/mol. The first kappa shape index (κ1) is 17.0. The topological polar surface area (TPSA) is 64.6 Å². The monoisotopic (exact) mass is 239 g/mol. The largest absolute Gasteiger partial charge is 0.468 e. The molecule has 0 rings (SSSR count). The molecule has 0 amide bonds. The fourth-order valence-electron chi connectivity index (χ4n) is 1.01. The molecule has 0 saturated carbocycles. The minimum Gasteiger partial charge on any atom is -0.468 e. The van der Waals surface area contributed by atoms with Crippen LogP contribution < -0.4 is 5.09 Å². The lowest BCUT2D eigenvalue weighted by molar-refractivity contribution is -0.142. The summed E-state index contributed by atoms with van der Waals surface area (Å²) in [5.41, 5.74) is 0. The Labute approximate surface area is 92.0 Å². The van der Waals surface area contributed by atoms with Gasteiger partial charge >= 0.3 is 5.97 Å². The molecule has 0 spiro atoms. The molecule has 1 N–H and O–H groups in total. The van der Waals surface area contributed by atoms with E-state index in [1.54, 1.807) is 20.8 Å². The van der Waals surface area contributed by atoms with Gasteiger partial charge in [0.1, 0.15) is 6.04 Å². The Balaban J connectivity index is 0. The highest BCUT2D eigenvalue weighted by atomic mass is 31.2. The summed E-state index contributed by atoms with van der Waals surface area (Å²) >= 11 is 0. The zero-order valence-corrected chi connectivity index (χ0v) is 10.1. The zero-order chi connectivity index (χ0) is 11.4. The van der Waals surface area contributed by atoms with E-state index in [-0.39, 0.29) is 13.5 Å². The summed E-state index contributed by atoms with van der Waals surface area (Å²) in [6, 6.07) is -0.630. The van der Waals surface area contributed by atoms with Gasteiger partial charge in [-0.05, 0) is 20.8 Å². The molecular weight excluding hydrogens is 217 g/mol. The lowest BCUT2D eigenvalue weighted by atomic mass is 10.4. The van der Waals surface area contributed by atoms with Crippen molar-refractivity contribution in [3.63, 3.8) is 0 Å². The van der Waals surface area contributed by atoms with Crippen LogP contribution in [-0.2, 0) is 18.6 Å². The SMILES string of the molecule is C.COC(=O)[C@H](C)NP(C)(=O)OC(C)C. The Morgan fingerprint density at radius 2 is 1.80 bits per heavy atom. The second kappa shape index (κ2) is 6.99. The fraction of sp³-hybridized carbons (Fsp3) is 0.889. The lowest BCUT2D eigenvalue weighted by Crippen LogP contribution is -2.33. The van der Waals surface area contributed by atoms with Gasteiger partial charge in [0.05, 0.1) is 13.2 Å². The van der Waals surface area contributed by atoms with Gasteiger partial charge < -0.3 is 9.26 Å². The molecule has 0 saturated heterocycles. The first-order valence-corrected chi connectivity index (χ1v) is 6.47. The molecule has 0 radical (unpaired) electrons. The Morgan fingerprint density at radius 3 is 2.13 bits per heavy atom. The van der Waals surface area contributed by atoms with E-state index in [9.17, 15) is 9.36 Å². The molecule has 15 heavy (non-hydrogen) atoms. The predicted octanol–water partition coefficient (Wildman–Crippen LogP) is 2.02. The summed E-state index contributed by atoms with van der Waals surface area (Å²) in [5, 5.41) is 2.60. The standard InChI is InChI=1S/C8H18NO4P.CH4/c1-6(2)13-14(5,11)9-7(3)8(10)12-4;/h6-7H,1-5H3,(H,9,11);1H4/t7-,14?;/m0./s1. The van der Waals surface area contributed by atoms with Crippen LogP contribution in [0.3, 0.4) is 0 Å². The van der Waals surface area contributed by atoms with Crippen LogP contribution in [0.4, 0.5) is 0 Å². The second-order valence-corrected chi connectivity index (χ2v) is 5.53. The third kappa shape index (κ3) is 7.54. The highest BCUT2D eigenvalue weighted by Crippen LogP contribution is 2.39. The molecule has 0 bridgehead atoms. The lowest BCUT2D eigenvalue weighted by Gasteiger charge is -2.20. The van der Waals surface area contributed by atoms with Crippen molar-refractivity contribution < 1.29 is 18.6 Å². The van der Waals surface area contributed by atoms with Gasteiger partial charge in [-0.25, -0.2) is 5.09 Å². The Hall–Kier alpha value is -0.380. The van der Waals surface area contributed by atoms with Crippen LogP contribution >= 0.6 is 7.52 Å². The quantitative estimate of drug-likeness (QED) is 0.587. The van der Waals surface area contributed by atoms with Crippen LogP contribution in [0.2, 0.25) is 0 Å². The van der Waals surface area contributed by atoms with E-state index in [2.05, 4.69) is 9.82 Å². The maximum Gasteiger partial charge on any atom is 0.323 e. The molecule has 92 valence electrons. The minimum atomic E-state index is -2.92. The summed E-state index contributed by atoms with van der Waals surface area (Å²) in [4.78, 5) is 11.0. The van der Waals surface area contributed by atoms with Crippen molar-refractivity contribution in [1.82, 2.24) is 5.09 Å². The molecule has 0 aliphatic carbocycles. The maximum absolute atomic E-state index is 11.7. The van der Waals surface area contributed by atoms with Crippen LogP contribution in [0.15, 0.2) is 0 Å². The normalized spacial score (nSPS) is 16.4. The number of carbonyl (C=O) groups is 1. The van der Waals surface area contributed by atoms with Crippen molar-refractivity contribution in [2.75, 3.05) is 13.8 Å². The minimum absolute atomic E-state index is 0. The summed E-state index contributed by atoms with van der Waals surface area (Å²) in [5.74, 6) is -0.459. The molecule has 0 heterocycles. The van der Waals surface area contributed by atoms with E-state index in [1.165, 1.54) is 13.8 Å². The van der Waals surface area contributed by atoms with Gasteiger partial charge in [-0.3, -0.25) is 9.36 Å². The molecule has 0 aromatic carbocycles. The smallest absolute Gasteiger partial charge is 0.323 e. The molecule has 0 aromatic rings. The highest BCUT2D eigenvalue weighted by Gasteiger charge is 2.24. The van der Waals surface area contributed by atoms with E-state index in [4.69, 9.17) is 4.52 Å². The molecule has 0 aliphatic heterocycles. The van der Waals surface area contributed by atoms with E-state index in [0.29, 0.717) is 0 Å². The average molecular weight is 239 g/mol. The number of hydrogen-bond acceptors (Lipinski definition) is 4. The molecule has 1 unspecified atom stereocenters. The number of hydrogen-bond donors (Lipinski definition) is 1. The van der Waals surface area contributed by atoms with Crippen molar-refractivity contribution in [3.05, 3.63) is 0 Å². The zero-order valence-electron chi connectivity index (χ0n) is 9.23. The summed E-state index contributed by atoms with van der Waals surface area (Å²) in [7, 11) is -1.64. The molecule has 2 atom stereocenters. The van der Waals surface area contributed by atoms with E-state index in [1.807, 2.05) is 0 Å². The summed E-state index contributed by atoms with van der Waals surface area (Å²) < 4.78 is 21.3. The van der Waals surface area contributed by atoms with Gasteiger partial charge in [0, 0.05) is 6.66 Å². The molecule has 0 fully saturated rings. The molecular formula is C9H22NO4P.